The van der Waals surface area contributed by atoms with E-state index in [1.807, 2.05) is 18.2 Å². The summed E-state index contributed by atoms with van der Waals surface area (Å²) in [5, 5.41) is 8.97. The molecule has 1 aliphatic carbocycles. The van der Waals surface area contributed by atoms with Crippen molar-refractivity contribution in [3.8, 4) is 16.9 Å². The van der Waals surface area contributed by atoms with Gasteiger partial charge in [0.15, 0.2) is 6.73 Å². The maximum Gasteiger partial charge on any atom is 0.167 e. The Morgan fingerprint density at radius 1 is 0.902 bits per heavy atom. The minimum absolute atomic E-state index is 0.122. The highest BCUT2D eigenvalue weighted by Gasteiger charge is 2.43. The van der Waals surface area contributed by atoms with Crippen LogP contribution in [-0.4, -0.2) is 6.73 Å². The van der Waals surface area contributed by atoms with Crippen molar-refractivity contribution < 1.29 is 4.74 Å². The van der Waals surface area contributed by atoms with Crippen molar-refractivity contribution in [1.29, 1.82) is 0 Å². The molecule has 7 heteroatoms. The number of nitroso groups, excluding NO2 is 1. The lowest BCUT2D eigenvalue weighted by Gasteiger charge is -2.32. The molecule has 1 atom stereocenters. The van der Waals surface area contributed by atoms with Crippen LogP contribution >= 0.6 is 11.8 Å². The van der Waals surface area contributed by atoms with Gasteiger partial charge < -0.3 is 4.74 Å². The van der Waals surface area contributed by atoms with Gasteiger partial charge in [-0.2, -0.15) is 0 Å². The number of nitrogens with zero attached hydrogens (tertiary/aromatic N) is 4. The average molecular weight is 565 g/mol. The Hall–Kier alpha value is -3.80. The van der Waals surface area contributed by atoms with Crippen LogP contribution in [0.3, 0.4) is 0 Å². The van der Waals surface area contributed by atoms with E-state index < -0.39 is 0 Å². The zero-order valence-electron chi connectivity index (χ0n) is 24.2. The molecule has 0 saturated heterocycles. The van der Waals surface area contributed by atoms with Crippen molar-refractivity contribution in [3.63, 3.8) is 0 Å². The normalized spacial score (nSPS) is 15.3. The Morgan fingerprint density at radius 3 is 2.39 bits per heavy atom. The fourth-order valence-corrected chi connectivity index (χ4v) is 7.64. The van der Waals surface area contributed by atoms with E-state index in [0.717, 1.165) is 69.4 Å². The third-order valence-corrected chi connectivity index (χ3v) is 9.74. The summed E-state index contributed by atoms with van der Waals surface area (Å²) in [5.41, 5.74) is 16.4. The highest BCUT2D eigenvalue weighted by Crippen LogP contribution is 2.58. The van der Waals surface area contributed by atoms with Crippen molar-refractivity contribution in [2.24, 2.45) is 10.3 Å². The predicted octanol–water partition coefficient (Wildman–Crippen LogP) is 11.3. The molecule has 210 valence electrons. The summed E-state index contributed by atoms with van der Waals surface area (Å²) in [7, 11) is 0. The first-order chi connectivity index (χ1) is 20.0. The smallest absolute Gasteiger partial charge is 0.167 e. The van der Waals surface area contributed by atoms with Gasteiger partial charge in [0.25, 0.3) is 0 Å². The minimum atomic E-state index is -0.165. The van der Waals surface area contributed by atoms with Gasteiger partial charge in [-0.1, -0.05) is 98.9 Å². The van der Waals surface area contributed by atoms with Gasteiger partial charge in [-0.15, -0.1) is 4.91 Å². The molecule has 0 aromatic heterocycles. The Morgan fingerprint density at radius 2 is 1.68 bits per heavy atom. The van der Waals surface area contributed by atoms with E-state index in [4.69, 9.17) is 10.3 Å². The summed E-state index contributed by atoms with van der Waals surface area (Å²) < 4.78 is 6.09. The minimum Gasteiger partial charge on any atom is -0.486 e. The second-order valence-corrected chi connectivity index (χ2v) is 12.0. The van der Waals surface area contributed by atoms with E-state index in [9.17, 15) is 4.91 Å². The molecule has 41 heavy (non-hydrogen) atoms. The fourth-order valence-electron chi connectivity index (χ4n) is 6.57. The molecule has 0 heterocycles. The van der Waals surface area contributed by atoms with Crippen molar-refractivity contribution in [1.82, 2.24) is 0 Å². The molecule has 0 fully saturated rings. The Bertz CT molecular complexity index is 1640. The first-order valence-electron chi connectivity index (χ1n) is 14.4. The van der Waals surface area contributed by atoms with E-state index in [1.54, 1.807) is 11.8 Å². The molecule has 1 unspecified atom stereocenters. The second kappa shape index (κ2) is 12.4. The molecule has 0 N–H and O–H groups in total. The first kappa shape index (κ1) is 28.7. The van der Waals surface area contributed by atoms with Gasteiger partial charge in [0.2, 0.25) is 0 Å². The van der Waals surface area contributed by atoms with Gasteiger partial charge in [0, 0.05) is 20.6 Å². The van der Waals surface area contributed by atoms with Gasteiger partial charge in [-0.05, 0) is 94.4 Å². The third-order valence-electron chi connectivity index (χ3n) is 8.35. The Balaban J connectivity index is 1.80. The molecular weight excluding hydrogens is 528 g/mol. The van der Waals surface area contributed by atoms with Crippen LogP contribution in [0.25, 0.3) is 32.3 Å². The molecule has 0 aliphatic heterocycles. The highest BCUT2D eigenvalue weighted by atomic mass is 32.2. The van der Waals surface area contributed by atoms with Gasteiger partial charge in [-0.25, -0.2) is 0 Å². The maximum atomic E-state index is 12.5. The Labute approximate surface area is 246 Å². The molecular formula is C34H36N4O2S. The highest BCUT2D eigenvalue weighted by molar-refractivity contribution is 7.99. The van der Waals surface area contributed by atoms with Gasteiger partial charge in [0.1, 0.15) is 11.4 Å². The summed E-state index contributed by atoms with van der Waals surface area (Å²) in [6.07, 6.45) is 6.52. The molecule has 0 spiro atoms. The SMILES string of the molecule is CCCCCC1(CCC)c2ccccc2-c2c1cc(N=O)c1cc(Sc3c(C)cccc3C)c(OCN=[N+]=[N-])cc21. The quantitative estimate of drug-likeness (QED) is 0.0563. The van der Waals surface area contributed by atoms with Gasteiger partial charge in [-0.3, -0.25) is 0 Å². The van der Waals surface area contributed by atoms with Crippen LogP contribution < -0.4 is 4.74 Å². The molecule has 0 amide bonds. The predicted molar refractivity (Wildman–Crippen MR) is 169 cm³/mol. The second-order valence-electron chi connectivity index (χ2n) is 10.9. The van der Waals surface area contributed by atoms with Crippen LogP contribution in [0.2, 0.25) is 0 Å². The summed E-state index contributed by atoms with van der Waals surface area (Å²) in [4.78, 5) is 17.3. The van der Waals surface area contributed by atoms with Crippen LogP contribution in [0.1, 0.15) is 74.6 Å². The number of rotatable bonds is 12. The summed E-state index contributed by atoms with van der Waals surface area (Å²) in [6.45, 7) is 8.52. The van der Waals surface area contributed by atoms with Crippen LogP contribution in [0, 0.1) is 18.8 Å². The first-order valence-corrected chi connectivity index (χ1v) is 15.3. The maximum absolute atomic E-state index is 12.5. The number of hydrogen-bond acceptors (Lipinski definition) is 5. The Kier molecular flexibility index (Phi) is 8.67. The summed E-state index contributed by atoms with van der Waals surface area (Å²) in [6, 6.07) is 21.0. The summed E-state index contributed by atoms with van der Waals surface area (Å²) in [5.74, 6) is 0.624. The van der Waals surface area contributed by atoms with E-state index in [2.05, 4.69) is 85.4 Å². The van der Waals surface area contributed by atoms with Crippen LogP contribution in [0.15, 0.2) is 80.7 Å². The van der Waals surface area contributed by atoms with E-state index >= 15 is 0 Å². The average Bonchev–Trinajstić information content (AvgIpc) is 3.24. The number of unbranched alkanes of at least 4 members (excludes halogenated alkanes) is 2. The van der Waals surface area contributed by atoms with Crippen molar-refractivity contribution in [2.45, 2.75) is 81.4 Å². The summed E-state index contributed by atoms with van der Waals surface area (Å²) >= 11 is 1.60. The lowest BCUT2D eigenvalue weighted by Crippen LogP contribution is -2.25. The van der Waals surface area contributed by atoms with Crippen LogP contribution in [-0.2, 0) is 5.41 Å². The van der Waals surface area contributed by atoms with Crippen molar-refractivity contribution in [2.75, 3.05) is 6.73 Å². The topological polar surface area (TPSA) is 87.4 Å². The molecule has 0 saturated carbocycles. The van der Waals surface area contributed by atoms with E-state index in [0.29, 0.717) is 11.4 Å². The van der Waals surface area contributed by atoms with E-state index in [1.165, 1.54) is 23.1 Å². The number of azide groups is 1. The molecule has 4 aromatic rings. The van der Waals surface area contributed by atoms with E-state index in [-0.39, 0.29) is 12.1 Å². The zero-order chi connectivity index (χ0) is 29.0. The lowest BCUT2D eigenvalue weighted by molar-refractivity contribution is 0.322. The fraction of sp³-hybridized carbons (Fsp3) is 0.353. The zero-order valence-corrected chi connectivity index (χ0v) is 25.1. The van der Waals surface area contributed by atoms with Gasteiger partial charge >= 0.3 is 0 Å². The molecule has 4 aromatic carbocycles. The lowest BCUT2D eigenvalue weighted by atomic mass is 9.71. The van der Waals surface area contributed by atoms with Gasteiger partial charge in [0.05, 0.1) is 4.90 Å². The number of aryl methyl sites for hydroxylation is 2. The molecule has 5 rings (SSSR count). The molecule has 0 radical (unpaired) electrons. The standard InChI is InChI=1S/C34H36N4O2S/c1-5-7-10-17-34(16-6-2)27-15-9-8-14-24(27)32-26-18-30(40-21-36-38-35)31(19-25(26)29(37-39)20-28(32)34)41-33-22(3)12-11-13-23(33)4/h8-9,11-15,18-20H,5-7,10,16-17,21H2,1-4H3. The number of hydrogen-bond donors (Lipinski definition) is 0. The number of benzene rings is 4. The van der Waals surface area contributed by atoms with Crippen molar-refractivity contribution >= 4 is 28.2 Å². The van der Waals surface area contributed by atoms with Crippen molar-refractivity contribution in [3.05, 3.63) is 98.3 Å². The van der Waals surface area contributed by atoms with Crippen LogP contribution in [0.5, 0.6) is 5.75 Å². The molecule has 0 bridgehead atoms. The molecule has 6 nitrogen and oxygen atoms in total. The molecule has 1 aliphatic rings. The number of ether oxygens (including phenoxy) is 1. The number of fused-ring (bicyclic) bond motifs is 5. The monoisotopic (exact) mass is 564 g/mol. The third kappa shape index (κ3) is 5.20. The van der Waals surface area contributed by atoms with Crippen LogP contribution in [0.4, 0.5) is 5.69 Å². The largest absolute Gasteiger partial charge is 0.486 e.